The first kappa shape index (κ1) is 22.8. The maximum absolute atomic E-state index is 14.0. The van der Waals surface area contributed by atoms with Crippen LogP contribution in [0.1, 0.15) is 31.2 Å². The molecule has 2 fully saturated rings. The molecule has 1 amide bonds. The molecule has 0 unspecified atom stereocenters. The number of rotatable bonds is 6. The number of para-hydroxylation sites is 1. The predicted octanol–water partition coefficient (Wildman–Crippen LogP) is 3.30. The van der Waals surface area contributed by atoms with Crippen molar-refractivity contribution < 1.29 is 17.9 Å². The van der Waals surface area contributed by atoms with E-state index in [0.717, 1.165) is 37.0 Å². The van der Waals surface area contributed by atoms with Crippen molar-refractivity contribution in [2.24, 2.45) is 5.92 Å². The molecule has 4 rings (SSSR count). The first-order valence-electron chi connectivity index (χ1n) is 11.4. The first-order valence-corrected chi connectivity index (χ1v) is 13.2. The normalized spacial score (nSPS) is 21.8. The topological polar surface area (TPSA) is 66.9 Å². The Morgan fingerprint density at radius 2 is 1.59 bits per heavy atom. The van der Waals surface area contributed by atoms with Crippen LogP contribution in [0, 0.1) is 5.92 Å². The molecule has 2 aromatic rings. The van der Waals surface area contributed by atoms with Gasteiger partial charge in [-0.05, 0) is 30.5 Å². The summed E-state index contributed by atoms with van der Waals surface area (Å²) in [4.78, 5) is 15.9. The molecule has 0 aromatic heterocycles. The highest BCUT2D eigenvalue weighted by Crippen LogP contribution is 2.43. The van der Waals surface area contributed by atoms with Crippen LogP contribution in [0.5, 0.6) is 5.75 Å². The van der Waals surface area contributed by atoms with E-state index in [1.54, 1.807) is 0 Å². The number of amides is 1. The Labute approximate surface area is 191 Å². The summed E-state index contributed by atoms with van der Waals surface area (Å²) in [7, 11) is -3.36. The van der Waals surface area contributed by atoms with Gasteiger partial charge in [0.2, 0.25) is 15.9 Å². The molecule has 32 heavy (non-hydrogen) atoms. The minimum Gasteiger partial charge on any atom is -0.493 e. The van der Waals surface area contributed by atoms with Crippen molar-refractivity contribution in [3.8, 4) is 5.75 Å². The Morgan fingerprint density at radius 3 is 2.22 bits per heavy atom. The molecule has 1 saturated carbocycles. The summed E-state index contributed by atoms with van der Waals surface area (Å²) in [5.41, 5.74) is 0.565. The number of nitrogens with zero attached hydrogens (tertiary/aromatic N) is 2. The minimum atomic E-state index is -3.36. The van der Waals surface area contributed by atoms with Gasteiger partial charge in [-0.15, -0.1) is 0 Å². The number of ether oxygens (including phenoxy) is 1. The summed E-state index contributed by atoms with van der Waals surface area (Å²) < 4.78 is 32.2. The van der Waals surface area contributed by atoms with Crippen molar-refractivity contribution in [2.75, 3.05) is 39.0 Å². The standard InChI is InChI=1S/C25H32N2O4S/c1-32(29,30)27-17-16-26(18-21(19-27)20-31-23-12-6-3-7-13-23)24(28)25(14-8-9-15-25)22-10-4-2-5-11-22/h2-7,10-13,21H,8-9,14-20H2,1H3/t21-/m0/s1. The van der Waals surface area contributed by atoms with E-state index >= 15 is 0 Å². The monoisotopic (exact) mass is 456 g/mol. The van der Waals surface area contributed by atoms with Crippen LogP contribution in [0.15, 0.2) is 60.7 Å². The van der Waals surface area contributed by atoms with Crippen molar-refractivity contribution >= 4 is 15.9 Å². The molecule has 1 saturated heterocycles. The van der Waals surface area contributed by atoms with E-state index in [0.29, 0.717) is 32.8 Å². The lowest BCUT2D eigenvalue weighted by atomic mass is 9.77. The highest BCUT2D eigenvalue weighted by atomic mass is 32.2. The average molecular weight is 457 g/mol. The summed E-state index contributed by atoms with van der Waals surface area (Å²) in [6, 6.07) is 19.6. The van der Waals surface area contributed by atoms with Crippen molar-refractivity contribution in [3.63, 3.8) is 0 Å². The van der Waals surface area contributed by atoms with Crippen molar-refractivity contribution in [1.82, 2.24) is 9.21 Å². The lowest BCUT2D eigenvalue weighted by molar-refractivity contribution is -0.137. The molecule has 0 bridgehead atoms. The lowest BCUT2D eigenvalue weighted by Crippen LogP contribution is -2.48. The van der Waals surface area contributed by atoms with Gasteiger partial charge < -0.3 is 9.64 Å². The van der Waals surface area contributed by atoms with Crippen LogP contribution in [0.3, 0.4) is 0 Å². The number of carbonyl (C=O) groups excluding carboxylic acids is 1. The fourth-order valence-corrected chi connectivity index (χ4v) is 5.95. The molecule has 1 heterocycles. The van der Waals surface area contributed by atoms with Crippen LogP contribution in [0.4, 0.5) is 0 Å². The molecule has 1 aliphatic carbocycles. The van der Waals surface area contributed by atoms with Crippen LogP contribution in [-0.4, -0.2) is 62.6 Å². The largest absolute Gasteiger partial charge is 0.493 e. The fourth-order valence-electron chi connectivity index (χ4n) is 5.06. The van der Waals surface area contributed by atoms with Crippen molar-refractivity contribution in [2.45, 2.75) is 31.1 Å². The van der Waals surface area contributed by atoms with E-state index in [9.17, 15) is 13.2 Å². The van der Waals surface area contributed by atoms with Gasteiger partial charge in [0, 0.05) is 32.1 Å². The van der Waals surface area contributed by atoms with Crippen LogP contribution in [-0.2, 0) is 20.2 Å². The van der Waals surface area contributed by atoms with Gasteiger partial charge in [-0.2, -0.15) is 4.31 Å². The molecule has 0 radical (unpaired) electrons. The molecule has 0 spiro atoms. The molecule has 1 atom stereocenters. The molecule has 1 aliphatic heterocycles. The second-order valence-corrected chi connectivity index (χ2v) is 11.0. The van der Waals surface area contributed by atoms with Gasteiger partial charge in [0.25, 0.3) is 0 Å². The Bertz CT molecular complexity index is 1000. The first-order chi connectivity index (χ1) is 15.4. The molecule has 0 N–H and O–H groups in total. The number of benzene rings is 2. The maximum atomic E-state index is 14.0. The second kappa shape index (κ2) is 9.63. The number of hydrogen-bond donors (Lipinski definition) is 0. The second-order valence-electron chi connectivity index (χ2n) is 9.02. The minimum absolute atomic E-state index is 0.106. The zero-order valence-electron chi connectivity index (χ0n) is 18.7. The van der Waals surface area contributed by atoms with Crippen LogP contribution in [0.25, 0.3) is 0 Å². The number of sulfonamides is 1. The van der Waals surface area contributed by atoms with Gasteiger partial charge in [0.1, 0.15) is 5.75 Å². The summed E-state index contributed by atoms with van der Waals surface area (Å²) in [6.07, 6.45) is 4.98. The third-order valence-corrected chi connectivity index (χ3v) is 8.01. The highest BCUT2D eigenvalue weighted by Gasteiger charge is 2.46. The fraction of sp³-hybridized carbons (Fsp3) is 0.480. The third kappa shape index (κ3) is 4.99. The third-order valence-electron chi connectivity index (χ3n) is 6.74. The van der Waals surface area contributed by atoms with E-state index in [-0.39, 0.29) is 11.8 Å². The zero-order chi connectivity index (χ0) is 22.6. The number of carbonyl (C=O) groups is 1. The van der Waals surface area contributed by atoms with Gasteiger partial charge in [0.15, 0.2) is 0 Å². The van der Waals surface area contributed by atoms with E-state index in [4.69, 9.17) is 4.74 Å². The lowest BCUT2D eigenvalue weighted by Gasteiger charge is -2.35. The number of hydrogen-bond acceptors (Lipinski definition) is 4. The van der Waals surface area contributed by atoms with Crippen LogP contribution >= 0.6 is 0 Å². The quantitative estimate of drug-likeness (QED) is 0.669. The van der Waals surface area contributed by atoms with Gasteiger partial charge in [0.05, 0.1) is 18.3 Å². The van der Waals surface area contributed by atoms with Gasteiger partial charge in [-0.1, -0.05) is 61.4 Å². The van der Waals surface area contributed by atoms with Crippen molar-refractivity contribution in [3.05, 3.63) is 66.2 Å². The van der Waals surface area contributed by atoms with Gasteiger partial charge in [-0.25, -0.2) is 8.42 Å². The van der Waals surface area contributed by atoms with Gasteiger partial charge in [-0.3, -0.25) is 4.79 Å². The molecule has 172 valence electrons. The Morgan fingerprint density at radius 1 is 0.969 bits per heavy atom. The van der Waals surface area contributed by atoms with Crippen LogP contribution in [0.2, 0.25) is 0 Å². The molecular weight excluding hydrogens is 424 g/mol. The van der Waals surface area contributed by atoms with E-state index < -0.39 is 15.4 Å². The van der Waals surface area contributed by atoms with Crippen molar-refractivity contribution in [1.29, 1.82) is 0 Å². The average Bonchev–Trinajstić information content (AvgIpc) is 3.19. The van der Waals surface area contributed by atoms with E-state index in [1.807, 2.05) is 53.4 Å². The SMILES string of the molecule is CS(=O)(=O)N1CCN(C(=O)C2(c3ccccc3)CCCC2)C[C@H](COc2ccccc2)C1. The predicted molar refractivity (Wildman–Crippen MR) is 125 cm³/mol. The molecular formula is C25H32N2O4S. The summed E-state index contributed by atoms with van der Waals surface area (Å²) >= 11 is 0. The Balaban J connectivity index is 1.57. The Kier molecular flexibility index (Phi) is 6.86. The molecule has 2 aromatic carbocycles. The summed E-state index contributed by atoms with van der Waals surface area (Å²) in [6.45, 7) is 1.93. The zero-order valence-corrected chi connectivity index (χ0v) is 19.5. The maximum Gasteiger partial charge on any atom is 0.233 e. The van der Waals surface area contributed by atoms with E-state index in [2.05, 4.69) is 12.1 Å². The highest BCUT2D eigenvalue weighted by molar-refractivity contribution is 7.88. The summed E-state index contributed by atoms with van der Waals surface area (Å²) in [5, 5.41) is 0. The molecule has 7 heteroatoms. The van der Waals surface area contributed by atoms with Gasteiger partial charge >= 0.3 is 0 Å². The Hall–Kier alpha value is -2.38. The van der Waals surface area contributed by atoms with Crippen LogP contribution < -0.4 is 4.74 Å². The smallest absolute Gasteiger partial charge is 0.233 e. The molecule has 6 nitrogen and oxygen atoms in total. The molecule has 2 aliphatic rings. The summed E-state index contributed by atoms with van der Waals surface area (Å²) in [5.74, 6) is 0.768. The van der Waals surface area contributed by atoms with E-state index in [1.165, 1.54) is 10.6 Å².